The number of carboxylic acid groups (broad SMARTS) is 1. The molecule has 1 aromatic carbocycles. The summed E-state index contributed by atoms with van der Waals surface area (Å²) in [4.78, 5) is 13.2. The Hall–Kier alpha value is -1.55. The first-order valence-electron chi connectivity index (χ1n) is 6.68. The number of carbonyl (C=O) groups is 1. The molecular weight excluding hydrogens is 240 g/mol. The van der Waals surface area contributed by atoms with E-state index in [4.69, 9.17) is 5.11 Å². The summed E-state index contributed by atoms with van der Waals surface area (Å²) in [7, 11) is 0. The summed E-state index contributed by atoms with van der Waals surface area (Å²) in [5.74, 6) is 0. The van der Waals surface area contributed by atoms with Crippen LogP contribution in [0.15, 0.2) is 30.3 Å². The number of nitrogens with zero attached hydrogens (tertiary/aromatic N) is 1. The van der Waals surface area contributed by atoms with Gasteiger partial charge in [0, 0.05) is 19.1 Å². The second-order valence-corrected chi connectivity index (χ2v) is 6.01. The van der Waals surface area contributed by atoms with E-state index in [0.29, 0.717) is 6.04 Å². The summed E-state index contributed by atoms with van der Waals surface area (Å²) < 4.78 is 0. The number of rotatable bonds is 3. The van der Waals surface area contributed by atoms with Crippen molar-refractivity contribution in [1.29, 1.82) is 0 Å². The summed E-state index contributed by atoms with van der Waals surface area (Å²) in [6.07, 6.45) is -0.938. The SMILES string of the molecule is C[C@H](c1ccccc1)N1C[C@@H](NC(=O)O)C(C)(C)C1. The van der Waals surface area contributed by atoms with Crippen molar-refractivity contribution in [1.82, 2.24) is 10.2 Å². The van der Waals surface area contributed by atoms with E-state index in [0.717, 1.165) is 13.1 Å². The second kappa shape index (κ2) is 5.21. The first-order valence-corrected chi connectivity index (χ1v) is 6.68. The summed E-state index contributed by atoms with van der Waals surface area (Å²) in [6.45, 7) is 8.06. The van der Waals surface area contributed by atoms with Crippen molar-refractivity contribution in [3.8, 4) is 0 Å². The fourth-order valence-electron chi connectivity index (χ4n) is 2.81. The van der Waals surface area contributed by atoms with Gasteiger partial charge in [-0.2, -0.15) is 0 Å². The molecule has 1 aliphatic heterocycles. The molecule has 2 rings (SSSR count). The number of amides is 1. The van der Waals surface area contributed by atoms with Gasteiger partial charge < -0.3 is 10.4 Å². The van der Waals surface area contributed by atoms with Crippen LogP contribution in [0.25, 0.3) is 0 Å². The third-order valence-corrected chi connectivity index (χ3v) is 4.10. The monoisotopic (exact) mass is 262 g/mol. The minimum Gasteiger partial charge on any atom is -0.465 e. The molecule has 4 heteroatoms. The van der Waals surface area contributed by atoms with Crippen LogP contribution in [0.5, 0.6) is 0 Å². The Morgan fingerprint density at radius 2 is 2.05 bits per heavy atom. The van der Waals surface area contributed by atoms with Crippen LogP contribution in [0.1, 0.15) is 32.4 Å². The maximum atomic E-state index is 10.9. The van der Waals surface area contributed by atoms with Gasteiger partial charge in [-0.3, -0.25) is 4.90 Å². The molecule has 0 bridgehead atoms. The molecule has 0 aliphatic carbocycles. The van der Waals surface area contributed by atoms with E-state index in [1.807, 2.05) is 18.2 Å². The second-order valence-electron chi connectivity index (χ2n) is 6.01. The maximum absolute atomic E-state index is 10.9. The Morgan fingerprint density at radius 3 is 2.63 bits per heavy atom. The molecule has 104 valence electrons. The summed E-state index contributed by atoms with van der Waals surface area (Å²) >= 11 is 0. The normalized spacial score (nSPS) is 24.1. The Labute approximate surface area is 114 Å². The lowest BCUT2D eigenvalue weighted by atomic mass is 9.88. The number of hydrogen-bond acceptors (Lipinski definition) is 2. The Balaban J connectivity index is 2.09. The van der Waals surface area contributed by atoms with Gasteiger partial charge >= 0.3 is 6.09 Å². The van der Waals surface area contributed by atoms with Crippen molar-refractivity contribution in [2.24, 2.45) is 5.41 Å². The molecule has 1 fully saturated rings. The maximum Gasteiger partial charge on any atom is 0.404 e. The zero-order valence-electron chi connectivity index (χ0n) is 11.8. The predicted molar refractivity (Wildman–Crippen MR) is 75.2 cm³/mol. The van der Waals surface area contributed by atoms with Gasteiger partial charge in [0.25, 0.3) is 0 Å². The summed E-state index contributed by atoms with van der Waals surface area (Å²) in [5, 5.41) is 11.6. The molecule has 2 N–H and O–H groups in total. The average molecular weight is 262 g/mol. The minimum absolute atomic E-state index is 0.0174. The van der Waals surface area contributed by atoms with Gasteiger partial charge in [0.05, 0.1) is 6.04 Å². The Morgan fingerprint density at radius 1 is 1.42 bits per heavy atom. The fourth-order valence-corrected chi connectivity index (χ4v) is 2.81. The van der Waals surface area contributed by atoms with Crippen molar-refractivity contribution < 1.29 is 9.90 Å². The standard InChI is InChI=1S/C15H22N2O2/c1-11(12-7-5-4-6-8-12)17-9-13(16-14(18)19)15(2,3)10-17/h4-8,11,13,16H,9-10H2,1-3H3,(H,18,19)/t11-,13-/m1/s1. The topological polar surface area (TPSA) is 52.6 Å². The smallest absolute Gasteiger partial charge is 0.404 e. The molecule has 19 heavy (non-hydrogen) atoms. The van der Waals surface area contributed by atoms with Crippen LogP contribution < -0.4 is 5.32 Å². The zero-order chi connectivity index (χ0) is 14.0. The molecule has 1 saturated heterocycles. The van der Waals surface area contributed by atoms with Gasteiger partial charge in [-0.1, -0.05) is 44.2 Å². The minimum atomic E-state index is -0.938. The van der Waals surface area contributed by atoms with Crippen LogP contribution >= 0.6 is 0 Å². The molecule has 0 unspecified atom stereocenters. The Kier molecular flexibility index (Phi) is 3.80. The number of hydrogen-bond donors (Lipinski definition) is 2. The lowest BCUT2D eigenvalue weighted by Gasteiger charge is -2.26. The molecule has 0 radical (unpaired) electrons. The van der Waals surface area contributed by atoms with Crippen molar-refractivity contribution in [3.63, 3.8) is 0 Å². The first-order chi connectivity index (χ1) is 8.90. The van der Waals surface area contributed by atoms with E-state index in [9.17, 15) is 4.79 Å². The van der Waals surface area contributed by atoms with Crippen molar-refractivity contribution in [2.75, 3.05) is 13.1 Å². The molecule has 1 aliphatic rings. The largest absolute Gasteiger partial charge is 0.465 e. The Bertz CT molecular complexity index is 445. The van der Waals surface area contributed by atoms with Gasteiger partial charge in [-0.15, -0.1) is 0 Å². The molecule has 1 aromatic rings. The van der Waals surface area contributed by atoms with E-state index >= 15 is 0 Å². The van der Waals surface area contributed by atoms with E-state index in [-0.39, 0.29) is 11.5 Å². The van der Waals surface area contributed by atoms with Crippen LogP contribution in [0.4, 0.5) is 4.79 Å². The van der Waals surface area contributed by atoms with Gasteiger partial charge in [0.1, 0.15) is 0 Å². The molecule has 0 saturated carbocycles. The lowest BCUT2D eigenvalue weighted by molar-refractivity contribution is 0.181. The van der Waals surface area contributed by atoms with Crippen LogP contribution in [0.3, 0.4) is 0 Å². The number of benzene rings is 1. The van der Waals surface area contributed by atoms with E-state index < -0.39 is 6.09 Å². The van der Waals surface area contributed by atoms with Gasteiger partial charge in [-0.25, -0.2) is 4.79 Å². The highest BCUT2D eigenvalue weighted by molar-refractivity contribution is 5.65. The van der Waals surface area contributed by atoms with Gasteiger partial charge in [-0.05, 0) is 17.9 Å². The van der Waals surface area contributed by atoms with Crippen molar-refractivity contribution in [3.05, 3.63) is 35.9 Å². The van der Waals surface area contributed by atoms with Crippen LogP contribution in [0.2, 0.25) is 0 Å². The van der Waals surface area contributed by atoms with Gasteiger partial charge in [0.15, 0.2) is 0 Å². The molecule has 4 nitrogen and oxygen atoms in total. The van der Waals surface area contributed by atoms with Crippen LogP contribution in [0, 0.1) is 5.41 Å². The number of likely N-dealkylation sites (tertiary alicyclic amines) is 1. The quantitative estimate of drug-likeness (QED) is 0.880. The van der Waals surface area contributed by atoms with E-state index in [1.54, 1.807) is 0 Å². The highest BCUT2D eigenvalue weighted by Crippen LogP contribution is 2.34. The molecular formula is C15H22N2O2. The highest BCUT2D eigenvalue weighted by atomic mass is 16.4. The van der Waals surface area contributed by atoms with Crippen LogP contribution in [-0.4, -0.2) is 35.2 Å². The lowest BCUT2D eigenvalue weighted by Crippen LogP contribution is -2.43. The molecule has 2 atom stereocenters. The van der Waals surface area contributed by atoms with Gasteiger partial charge in [0.2, 0.25) is 0 Å². The fraction of sp³-hybridized carbons (Fsp3) is 0.533. The third kappa shape index (κ3) is 3.07. The first kappa shape index (κ1) is 13.9. The van der Waals surface area contributed by atoms with Crippen molar-refractivity contribution >= 4 is 6.09 Å². The van der Waals surface area contributed by atoms with E-state index in [2.05, 4.69) is 43.1 Å². The molecule has 1 heterocycles. The average Bonchev–Trinajstić information content (AvgIpc) is 2.64. The molecule has 0 spiro atoms. The third-order valence-electron chi connectivity index (χ3n) is 4.10. The summed E-state index contributed by atoms with van der Waals surface area (Å²) in [6, 6.07) is 10.6. The predicted octanol–water partition coefficient (Wildman–Crippen LogP) is 2.73. The number of nitrogens with one attached hydrogen (secondary N) is 1. The molecule has 1 amide bonds. The van der Waals surface area contributed by atoms with Crippen molar-refractivity contribution in [2.45, 2.75) is 32.9 Å². The molecule has 0 aromatic heterocycles. The zero-order valence-corrected chi connectivity index (χ0v) is 11.8. The van der Waals surface area contributed by atoms with Crippen LogP contribution in [-0.2, 0) is 0 Å². The van der Waals surface area contributed by atoms with E-state index in [1.165, 1.54) is 5.56 Å². The highest BCUT2D eigenvalue weighted by Gasteiger charge is 2.41. The summed E-state index contributed by atoms with van der Waals surface area (Å²) in [5.41, 5.74) is 1.23.